The fraction of sp³-hybridized carbons (Fsp3) is 0.706. The molecule has 1 N–H and O–H groups in total. The molecular weight excluding hydrogens is 378 g/mol. The van der Waals surface area contributed by atoms with Gasteiger partial charge in [-0.3, -0.25) is 24.0 Å². The fourth-order valence-corrected chi connectivity index (χ4v) is 3.27. The van der Waals surface area contributed by atoms with Crippen LogP contribution in [0.5, 0.6) is 0 Å². The monoisotopic (exact) mass is 401 g/mol. The summed E-state index contributed by atoms with van der Waals surface area (Å²) in [5, 5.41) is 2.60. The summed E-state index contributed by atoms with van der Waals surface area (Å²) in [7, 11) is 0. The lowest BCUT2D eigenvalue weighted by molar-refractivity contribution is -0.232. The van der Waals surface area contributed by atoms with Crippen LogP contribution in [-0.4, -0.2) is 73.0 Å². The molecule has 6 atom stereocenters. The summed E-state index contributed by atoms with van der Waals surface area (Å²) in [6.45, 7) is 4.44. The van der Waals surface area contributed by atoms with Crippen LogP contribution in [0.15, 0.2) is 0 Å². The van der Waals surface area contributed by atoms with Gasteiger partial charge >= 0.3 is 23.9 Å². The number of carbonyl (C=O) groups is 5. The standard InChI is InChI=1S/C17H23NO10/c1-7(19)24-6-13-15(26-9(3)21)16(27-10(4)22)14-11(28-13)5-12(17(23)18-14)25-8(2)20/h11-16H,5-6H2,1-4H3,(H,18,23)/t11-,12-,13+,14-,15-,16+/m0/s1. The Balaban J connectivity index is 2.31. The van der Waals surface area contributed by atoms with Gasteiger partial charge in [-0.2, -0.15) is 0 Å². The SMILES string of the molecule is CC(=O)OC[C@H]1O[C@H]2C[C@H](OC(C)=O)C(=O)N[C@@H]2[C@@H](OC(C)=O)[C@H]1OC(C)=O. The molecule has 11 nitrogen and oxygen atoms in total. The summed E-state index contributed by atoms with van der Waals surface area (Å²) < 4.78 is 26.4. The molecule has 0 bridgehead atoms. The third kappa shape index (κ3) is 5.41. The van der Waals surface area contributed by atoms with Gasteiger partial charge in [0.2, 0.25) is 0 Å². The third-order valence-corrected chi connectivity index (χ3v) is 4.21. The molecule has 156 valence electrons. The van der Waals surface area contributed by atoms with Crippen LogP contribution in [0.4, 0.5) is 0 Å². The molecule has 1 amide bonds. The summed E-state index contributed by atoms with van der Waals surface area (Å²) in [5.74, 6) is -3.13. The van der Waals surface area contributed by atoms with Gasteiger partial charge in [-0.25, -0.2) is 0 Å². The second kappa shape index (κ2) is 9.00. The Morgan fingerprint density at radius 2 is 1.50 bits per heavy atom. The van der Waals surface area contributed by atoms with Crippen LogP contribution >= 0.6 is 0 Å². The Bertz CT molecular complexity index is 662. The number of hydrogen-bond donors (Lipinski definition) is 1. The van der Waals surface area contributed by atoms with Crippen LogP contribution in [0.2, 0.25) is 0 Å². The number of fused-ring (bicyclic) bond motifs is 1. The van der Waals surface area contributed by atoms with Crippen molar-refractivity contribution in [3.8, 4) is 0 Å². The van der Waals surface area contributed by atoms with E-state index in [0.29, 0.717) is 0 Å². The van der Waals surface area contributed by atoms with Crippen molar-refractivity contribution >= 4 is 29.8 Å². The largest absolute Gasteiger partial charge is 0.463 e. The number of ether oxygens (including phenoxy) is 5. The normalized spacial score (nSPS) is 31.6. The minimum Gasteiger partial charge on any atom is -0.463 e. The molecule has 0 aromatic heterocycles. The van der Waals surface area contributed by atoms with E-state index in [1.165, 1.54) is 20.8 Å². The highest BCUT2D eigenvalue weighted by Crippen LogP contribution is 2.32. The van der Waals surface area contributed by atoms with Gasteiger partial charge < -0.3 is 29.0 Å². The summed E-state index contributed by atoms with van der Waals surface area (Å²) in [4.78, 5) is 57.8. The molecule has 2 rings (SSSR count). The maximum Gasteiger partial charge on any atom is 0.303 e. The van der Waals surface area contributed by atoms with Crippen molar-refractivity contribution < 1.29 is 47.7 Å². The van der Waals surface area contributed by atoms with Gasteiger partial charge in [-0.05, 0) is 0 Å². The smallest absolute Gasteiger partial charge is 0.303 e. The Morgan fingerprint density at radius 3 is 2.04 bits per heavy atom. The zero-order chi connectivity index (χ0) is 21.0. The first kappa shape index (κ1) is 21.6. The fourth-order valence-electron chi connectivity index (χ4n) is 3.27. The molecule has 0 saturated carbocycles. The van der Waals surface area contributed by atoms with Crippen LogP contribution in [0.1, 0.15) is 34.1 Å². The molecular formula is C17H23NO10. The van der Waals surface area contributed by atoms with Crippen LogP contribution in [0.3, 0.4) is 0 Å². The quantitative estimate of drug-likeness (QED) is 0.450. The molecule has 2 saturated heterocycles. The van der Waals surface area contributed by atoms with E-state index in [1.807, 2.05) is 0 Å². The van der Waals surface area contributed by atoms with E-state index in [0.717, 1.165) is 6.92 Å². The number of amides is 1. The van der Waals surface area contributed by atoms with E-state index >= 15 is 0 Å². The summed E-state index contributed by atoms with van der Waals surface area (Å²) >= 11 is 0. The molecule has 0 aromatic rings. The lowest BCUT2D eigenvalue weighted by Gasteiger charge is -2.48. The minimum absolute atomic E-state index is 0.00277. The van der Waals surface area contributed by atoms with Crippen LogP contribution in [-0.2, 0) is 47.7 Å². The number of rotatable bonds is 5. The maximum absolute atomic E-state index is 12.3. The first-order valence-electron chi connectivity index (χ1n) is 8.69. The highest BCUT2D eigenvalue weighted by atomic mass is 16.6. The molecule has 2 aliphatic rings. The number of esters is 4. The van der Waals surface area contributed by atoms with E-state index in [9.17, 15) is 24.0 Å². The highest BCUT2D eigenvalue weighted by molar-refractivity contribution is 5.84. The summed E-state index contributed by atoms with van der Waals surface area (Å²) in [6.07, 6.45) is -4.98. The van der Waals surface area contributed by atoms with Crippen molar-refractivity contribution in [1.82, 2.24) is 5.32 Å². The zero-order valence-electron chi connectivity index (χ0n) is 16.0. The van der Waals surface area contributed by atoms with Crippen molar-refractivity contribution in [3.63, 3.8) is 0 Å². The first-order valence-corrected chi connectivity index (χ1v) is 8.69. The second-order valence-electron chi connectivity index (χ2n) is 6.53. The first-order chi connectivity index (χ1) is 13.1. The Morgan fingerprint density at radius 1 is 0.929 bits per heavy atom. The predicted octanol–water partition coefficient (Wildman–Crippen LogP) is -0.999. The second-order valence-corrected chi connectivity index (χ2v) is 6.53. The van der Waals surface area contributed by atoms with E-state index in [-0.39, 0.29) is 13.0 Å². The van der Waals surface area contributed by atoms with Gasteiger partial charge in [-0.1, -0.05) is 0 Å². The molecule has 0 radical (unpaired) electrons. The van der Waals surface area contributed by atoms with Crippen molar-refractivity contribution in [2.75, 3.05) is 6.61 Å². The number of hydrogen-bond acceptors (Lipinski definition) is 10. The van der Waals surface area contributed by atoms with Gasteiger partial charge in [0.05, 0.1) is 12.1 Å². The molecule has 28 heavy (non-hydrogen) atoms. The Hall–Kier alpha value is -2.69. The number of piperidine rings is 1. The minimum atomic E-state index is -1.12. The molecule has 0 aliphatic carbocycles. The predicted molar refractivity (Wildman–Crippen MR) is 88.5 cm³/mol. The Labute approximate surface area is 160 Å². The summed E-state index contributed by atoms with van der Waals surface area (Å²) in [6, 6.07) is -0.846. The van der Waals surface area contributed by atoms with Crippen molar-refractivity contribution in [1.29, 1.82) is 0 Å². The van der Waals surface area contributed by atoms with Gasteiger partial charge in [0.15, 0.2) is 18.3 Å². The number of nitrogens with one attached hydrogen (secondary N) is 1. The van der Waals surface area contributed by atoms with Gasteiger partial charge in [0.25, 0.3) is 5.91 Å². The van der Waals surface area contributed by atoms with E-state index in [4.69, 9.17) is 23.7 Å². The van der Waals surface area contributed by atoms with Crippen LogP contribution < -0.4 is 5.32 Å². The van der Waals surface area contributed by atoms with Gasteiger partial charge in [0, 0.05) is 34.1 Å². The van der Waals surface area contributed by atoms with E-state index in [2.05, 4.69) is 5.32 Å². The van der Waals surface area contributed by atoms with E-state index in [1.54, 1.807) is 0 Å². The van der Waals surface area contributed by atoms with Crippen LogP contribution in [0.25, 0.3) is 0 Å². The molecule has 0 aromatic carbocycles. The molecule has 0 unspecified atom stereocenters. The Kier molecular flexibility index (Phi) is 6.95. The van der Waals surface area contributed by atoms with E-state index < -0.39 is 66.3 Å². The molecule has 2 aliphatic heterocycles. The lowest BCUT2D eigenvalue weighted by Crippen LogP contribution is -2.70. The van der Waals surface area contributed by atoms with Gasteiger partial charge in [-0.15, -0.1) is 0 Å². The highest BCUT2D eigenvalue weighted by Gasteiger charge is 2.54. The average molecular weight is 401 g/mol. The van der Waals surface area contributed by atoms with Crippen molar-refractivity contribution in [2.24, 2.45) is 0 Å². The lowest BCUT2D eigenvalue weighted by atomic mass is 9.86. The third-order valence-electron chi connectivity index (χ3n) is 4.21. The topological polar surface area (TPSA) is 144 Å². The summed E-state index contributed by atoms with van der Waals surface area (Å²) in [5.41, 5.74) is 0. The number of carbonyl (C=O) groups excluding carboxylic acids is 5. The molecule has 2 heterocycles. The zero-order valence-corrected chi connectivity index (χ0v) is 16.0. The van der Waals surface area contributed by atoms with Crippen LogP contribution in [0, 0.1) is 0 Å². The van der Waals surface area contributed by atoms with Gasteiger partial charge in [0.1, 0.15) is 12.7 Å². The molecule has 2 fully saturated rings. The maximum atomic E-state index is 12.3. The molecule has 0 spiro atoms. The average Bonchev–Trinajstić information content (AvgIpc) is 2.55. The molecule has 11 heteroatoms. The van der Waals surface area contributed by atoms with Crippen molar-refractivity contribution in [2.45, 2.75) is 70.7 Å². The van der Waals surface area contributed by atoms with Crippen molar-refractivity contribution in [3.05, 3.63) is 0 Å².